The molecule has 0 spiro atoms. The van der Waals surface area contributed by atoms with Gasteiger partial charge in [0.1, 0.15) is 24.2 Å². The number of hydrogen-bond donors (Lipinski definition) is 1. The van der Waals surface area contributed by atoms with Crippen LogP contribution in [0, 0.1) is 0 Å². The SMILES string of the molecule is CC(C)(C=C=O)ON[C@@H](CC(=O)OCc1ccccc1)C(=O)CBr. The minimum atomic E-state index is -0.958. The van der Waals surface area contributed by atoms with E-state index in [1.807, 2.05) is 30.3 Å². The number of alkyl halides is 1. The van der Waals surface area contributed by atoms with Gasteiger partial charge in [0.15, 0.2) is 5.78 Å². The molecule has 0 amide bonds. The largest absolute Gasteiger partial charge is 0.461 e. The fourth-order valence-corrected chi connectivity index (χ4v) is 2.06. The maximum absolute atomic E-state index is 11.9. The number of rotatable bonds is 10. The number of halogens is 1. The second kappa shape index (κ2) is 10.2. The molecule has 0 bridgehead atoms. The summed E-state index contributed by atoms with van der Waals surface area (Å²) < 4.78 is 5.16. The van der Waals surface area contributed by atoms with Crippen LogP contribution in [0.15, 0.2) is 36.4 Å². The number of carbonyl (C=O) groups is 2. The molecule has 0 aliphatic rings. The van der Waals surface area contributed by atoms with E-state index in [-0.39, 0.29) is 24.1 Å². The standard InChI is InChI=1S/C17H20BrNO5/c1-17(2,8-9-20)24-19-14(15(21)11-18)10-16(22)23-12-13-6-4-3-5-7-13/h3-8,14,19H,10-12H2,1-2H3/t14-/m0/s1. The molecule has 1 aromatic rings. The van der Waals surface area contributed by atoms with Crippen molar-refractivity contribution in [2.75, 3.05) is 5.33 Å². The third-order valence-corrected chi connectivity index (χ3v) is 3.56. The summed E-state index contributed by atoms with van der Waals surface area (Å²) in [7, 11) is 0. The third kappa shape index (κ3) is 7.66. The van der Waals surface area contributed by atoms with Crippen molar-refractivity contribution in [1.82, 2.24) is 5.48 Å². The van der Waals surface area contributed by atoms with Crippen LogP contribution < -0.4 is 5.48 Å². The van der Waals surface area contributed by atoms with Gasteiger partial charge in [0, 0.05) is 6.08 Å². The van der Waals surface area contributed by atoms with E-state index < -0.39 is 17.6 Å². The number of nitrogens with one attached hydrogen (secondary N) is 1. The number of esters is 1. The summed E-state index contributed by atoms with van der Waals surface area (Å²) in [6.45, 7) is 3.37. The van der Waals surface area contributed by atoms with Crippen molar-refractivity contribution in [3.8, 4) is 0 Å². The fourth-order valence-electron chi connectivity index (χ4n) is 1.67. The molecule has 0 aromatic heterocycles. The Bertz CT molecular complexity index is 596. The number of carbonyl (C=O) groups excluding carboxylic acids is 3. The number of benzene rings is 1. The molecule has 7 heteroatoms. The maximum Gasteiger partial charge on any atom is 0.308 e. The Kier molecular flexibility index (Phi) is 8.57. The molecule has 0 aliphatic heterocycles. The normalized spacial score (nSPS) is 12.1. The molecule has 0 saturated carbocycles. The second-order valence-electron chi connectivity index (χ2n) is 5.59. The molecule has 0 heterocycles. The van der Waals surface area contributed by atoms with Gasteiger partial charge in [-0.2, -0.15) is 5.48 Å². The van der Waals surface area contributed by atoms with Crippen LogP contribution in [0.1, 0.15) is 25.8 Å². The Labute approximate surface area is 149 Å². The van der Waals surface area contributed by atoms with E-state index in [9.17, 15) is 14.4 Å². The number of ketones is 1. The summed E-state index contributed by atoms with van der Waals surface area (Å²) in [5.41, 5.74) is 2.43. The zero-order valence-electron chi connectivity index (χ0n) is 13.6. The van der Waals surface area contributed by atoms with Crippen molar-refractivity contribution >= 4 is 33.6 Å². The zero-order valence-corrected chi connectivity index (χ0v) is 15.2. The quantitative estimate of drug-likeness (QED) is 0.282. The van der Waals surface area contributed by atoms with Gasteiger partial charge in [0.05, 0.1) is 11.8 Å². The Hall–Kier alpha value is -1.79. The highest BCUT2D eigenvalue weighted by molar-refractivity contribution is 9.09. The van der Waals surface area contributed by atoms with Gasteiger partial charge in [-0.3, -0.25) is 14.4 Å². The van der Waals surface area contributed by atoms with Gasteiger partial charge in [-0.1, -0.05) is 46.3 Å². The van der Waals surface area contributed by atoms with Crippen LogP contribution in [0.4, 0.5) is 0 Å². The van der Waals surface area contributed by atoms with Crippen LogP contribution in [-0.4, -0.2) is 34.7 Å². The molecule has 0 fully saturated rings. The Morgan fingerprint density at radius 2 is 2.00 bits per heavy atom. The highest BCUT2D eigenvalue weighted by Gasteiger charge is 2.25. The van der Waals surface area contributed by atoms with Crippen molar-refractivity contribution in [2.45, 2.75) is 38.5 Å². The Morgan fingerprint density at radius 1 is 1.33 bits per heavy atom. The molecule has 130 valence electrons. The zero-order chi connectivity index (χ0) is 18.0. The smallest absolute Gasteiger partial charge is 0.308 e. The Balaban J connectivity index is 2.57. The summed E-state index contributed by atoms with van der Waals surface area (Å²) in [6.07, 6.45) is 0.988. The highest BCUT2D eigenvalue weighted by Crippen LogP contribution is 2.10. The first-order valence-electron chi connectivity index (χ1n) is 7.31. The van der Waals surface area contributed by atoms with Gasteiger partial charge >= 0.3 is 5.97 Å². The number of hydrogen-bond acceptors (Lipinski definition) is 6. The molecule has 0 saturated heterocycles. The molecule has 24 heavy (non-hydrogen) atoms. The minimum absolute atomic E-state index is 0.0595. The third-order valence-electron chi connectivity index (χ3n) is 3.00. The summed E-state index contributed by atoms with van der Waals surface area (Å²) in [5.74, 6) is 0.833. The number of ether oxygens (including phenoxy) is 1. The second-order valence-corrected chi connectivity index (χ2v) is 6.15. The first-order valence-corrected chi connectivity index (χ1v) is 8.44. The van der Waals surface area contributed by atoms with Crippen LogP contribution in [0.2, 0.25) is 0 Å². The van der Waals surface area contributed by atoms with Gasteiger partial charge in [-0.05, 0) is 19.4 Å². The summed E-state index contributed by atoms with van der Waals surface area (Å²) >= 11 is 3.06. The maximum atomic E-state index is 11.9. The first kappa shape index (κ1) is 20.3. The van der Waals surface area contributed by atoms with Gasteiger partial charge in [0.2, 0.25) is 0 Å². The van der Waals surface area contributed by atoms with Gasteiger partial charge in [-0.25, -0.2) is 4.79 Å². The molecule has 1 atom stereocenters. The molecule has 0 aliphatic carbocycles. The van der Waals surface area contributed by atoms with E-state index in [0.717, 1.165) is 5.56 Å². The molecule has 1 aromatic carbocycles. The van der Waals surface area contributed by atoms with Gasteiger partial charge in [0.25, 0.3) is 0 Å². The lowest BCUT2D eigenvalue weighted by atomic mass is 10.1. The molecule has 1 rings (SSSR count). The van der Waals surface area contributed by atoms with Gasteiger partial charge in [-0.15, -0.1) is 0 Å². The van der Waals surface area contributed by atoms with E-state index in [2.05, 4.69) is 21.4 Å². The number of hydroxylamine groups is 1. The molecular formula is C17H20BrNO5. The molecule has 1 N–H and O–H groups in total. The lowest BCUT2D eigenvalue weighted by molar-refractivity contribution is -0.150. The van der Waals surface area contributed by atoms with Crippen LogP contribution in [0.5, 0.6) is 0 Å². The number of Topliss-reactive ketones (excluding diaryl/α,β-unsaturated/α-hetero) is 1. The van der Waals surface area contributed by atoms with E-state index >= 15 is 0 Å². The summed E-state index contributed by atoms with van der Waals surface area (Å²) in [4.78, 5) is 39.6. The molecular weight excluding hydrogens is 378 g/mol. The van der Waals surface area contributed by atoms with Crippen molar-refractivity contribution < 1.29 is 24.0 Å². The van der Waals surface area contributed by atoms with Crippen LogP contribution in [0.25, 0.3) is 0 Å². The first-order chi connectivity index (χ1) is 11.4. The van der Waals surface area contributed by atoms with Crippen molar-refractivity contribution in [3.63, 3.8) is 0 Å². The van der Waals surface area contributed by atoms with E-state index in [0.29, 0.717) is 0 Å². The topological polar surface area (TPSA) is 81.7 Å². The minimum Gasteiger partial charge on any atom is -0.461 e. The van der Waals surface area contributed by atoms with Gasteiger partial charge < -0.3 is 4.74 Å². The van der Waals surface area contributed by atoms with Crippen LogP contribution in [-0.2, 0) is 30.6 Å². The fraction of sp³-hybridized carbons (Fsp3) is 0.412. The average Bonchev–Trinajstić information content (AvgIpc) is 2.57. The van der Waals surface area contributed by atoms with Crippen LogP contribution in [0.3, 0.4) is 0 Å². The van der Waals surface area contributed by atoms with E-state index in [4.69, 9.17) is 9.57 Å². The average molecular weight is 398 g/mol. The van der Waals surface area contributed by atoms with Crippen molar-refractivity contribution in [2.24, 2.45) is 0 Å². The predicted octanol–water partition coefficient (Wildman–Crippen LogP) is 2.14. The molecule has 0 radical (unpaired) electrons. The lowest BCUT2D eigenvalue weighted by Crippen LogP contribution is -2.44. The molecule has 0 unspecified atom stereocenters. The monoisotopic (exact) mass is 397 g/mol. The van der Waals surface area contributed by atoms with Crippen molar-refractivity contribution in [1.29, 1.82) is 0 Å². The van der Waals surface area contributed by atoms with Crippen molar-refractivity contribution in [3.05, 3.63) is 42.0 Å². The van der Waals surface area contributed by atoms with E-state index in [1.54, 1.807) is 19.8 Å². The summed E-state index contributed by atoms with van der Waals surface area (Å²) in [5, 5.41) is 0.0595. The highest BCUT2D eigenvalue weighted by atomic mass is 79.9. The Morgan fingerprint density at radius 3 is 2.58 bits per heavy atom. The van der Waals surface area contributed by atoms with E-state index in [1.165, 1.54) is 6.08 Å². The lowest BCUT2D eigenvalue weighted by Gasteiger charge is -2.23. The molecule has 6 nitrogen and oxygen atoms in total. The van der Waals surface area contributed by atoms with Crippen LogP contribution >= 0.6 is 15.9 Å². The summed E-state index contributed by atoms with van der Waals surface area (Å²) in [6, 6.07) is 8.35. The predicted molar refractivity (Wildman–Crippen MR) is 92.0 cm³/mol.